The van der Waals surface area contributed by atoms with Crippen molar-refractivity contribution in [2.75, 3.05) is 5.73 Å². The number of hydrogen-bond donors (Lipinski definition) is 1. The summed E-state index contributed by atoms with van der Waals surface area (Å²) in [7, 11) is 0. The van der Waals surface area contributed by atoms with E-state index in [9.17, 15) is 0 Å². The highest BCUT2D eigenvalue weighted by atomic mass is 35.5. The van der Waals surface area contributed by atoms with Gasteiger partial charge in [-0.3, -0.25) is 0 Å². The SMILES string of the molecule is Cl.Nc1nsc2ccccc12. The molecule has 0 bridgehead atoms. The lowest BCUT2D eigenvalue weighted by atomic mass is 10.3. The molecule has 1 aromatic carbocycles. The van der Waals surface area contributed by atoms with Gasteiger partial charge < -0.3 is 5.73 Å². The molecule has 1 heterocycles. The first-order chi connectivity index (χ1) is 4.88. The molecule has 0 spiro atoms. The highest BCUT2D eigenvalue weighted by molar-refractivity contribution is 7.13. The van der Waals surface area contributed by atoms with Crippen molar-refractivity contribution < 1.29 is 0 Å². The van der Waals surface area contributed by atoms with E-state index in [0.717, 1.165) is 10.1 Å². The number of hydrogen-bond acceptors (Lipinski definition) is 3. The van der Waals surface area contributed by atoms with E-state index in [-0.39, 0.29) is 12.4 Å². The van der Waals surface area contributed by atoms with E-state index in [1.807, 2.05) is 24.3 Å². The molecule has 0 saturated heterocycles. The Morgan fingerprint density at radius 2 is 2.00 bits per heavy atom. The summed E-state index contributed by atoms with van der Waals surface area (Å²) in [6, 6.07) is 7.95. The molecule has 2 nitrogen and oxygen atoms in total. The van der Waals surface area contributed by atoms with Gasteiger partial charge in [0.1, 0.15) is 5.82 Å². The zero-order valence-electron chi connectivity index (χ0n) is 5.65. The fraction of sp³-hybridized carbons (Fsp3) is 0. The lowest BCUT2D eigenvalue weighted by molar-refractivity contribution is 1.59. The molecule has 0 radical (unpaired) electrons. The Bertz CT molecular complexity index is 358. The van der Waals surface area contributed by atoms with Crippen molar-refractivity contribution >= 4 is 39.8 Å². The van der Waals surface area contributed by atoms with Crippen LogP contribution < -0.4 is 5.73 Å². The second-order valence-electron chi connectivity index (χ2n) is 2.06. The molecule has 0 aliphatic carbocycles. The number of rotatable bonds is 0. The molecule has 4 heteroatoms. The van der Waals surface area contributed by atoms with Gasteiger partial charge in [-0.2, -0.15) is 4.37 Å². The third-order valence-corrected chi connectivity index (χ3v) is 2.25. The van der Waals surface area contributed by atoms with Crippen LogP contribution in [-0.2, 0) is 0 Å². The summed E-state index contributed by atoms with van der Waals surface area (Å²) in [6.45, 7) is 0. The molecule has 58 valence electrons. The number of aromatic nitrogens is 1. The maximum atomic E-state index is 5.58. The molecular formula is C7H7ClN2S. The monoisotopic (exact) mass is 186 g/mol. The van der Waals surface area contributed by atoms with Crippen LogP contribution in [0.5, 0.6) is 0 Å². The molecule has 2 N–H and O–H groups in total. The predicted octanol–water partition coefficient (Wildman–Crippen LogP) is 2.30. The molecular weight excluding hydrogens is 180 g/mol. The number of nitrogens with zero attached hydrogens (tertiary/aromatic N) is 1. The average Bonchev–Trinajstić information content (AvgIpc) is 2.34. The van der Waals surface area contributed by atoms with Gasteiger partial charge in [-0.15, -0.1) is 12.4 Å². The van der Waals surface area contributed by atoms with Crippen molar-refractivity contribution in [3.63, 3.8) is 0 Å². The van der Waals surface area contributed by atoms with Gasteiger partial charge in [0.25, 0.3) is 0 Å². The number of benzene rings is 1. The van der Waals surface area contributed by atoms with Crippen molar-refractivity contribution in [1.29, 1.82) is 0 Å². The third-order valence-electron chi connectivity index (χ3n) is 1.41. The molecule has 0 unspecified atom stereocenters. The smallest absolute Gasteiger partial charge is 0.144 e. The standard InChI is InChI=1S/C7H6N2S.ClH/c8-7-5-3-1-2-4-6(5)10-9-7;/h1-4H,(H2,8,9);1H. The number of nitrogens with two attached hydrogens (primary N) is 1. The lowest BCUT2D eigenvalue weighted by Crippen LogP contribution is -1.81. The van der Waals surface area contributed by atoms with E-state index in [1.165, 1.54) is 11.5 Å². The average molecular weight is 187 g/mol. The maximum absolute atomic E-state index is 5.58. The van der Waals surface area contributed by atoms with Crippen LogP contribution in [-0.4, -0.2) is 4.37 Å². The highest BCUT2D eigenvalue weighted by Crippen LogP contribution is 2.22. The first-order valence-corrected chi connectivity index (χ1v) is 3.75. The van der Waals surface area contributed by atoms with Gasteiger partial charge in [-0.25, -0.2) is 0 Å². The topological polar surface area (TPSA) is 38.9 Å². The summed E-state index contributed by atoms with van der Waals surface area (Å²) in [5.41, 5.74) is 5.58. The van der Waals surface area contributed by atoms with Crippen LogP contribution in [0.25, 0.3) is 10.1 Å². The van der Waals surface area contributed by atoms with Crippen molar-refractivity contribution in [2.24, 2.45) is 0 Å². The Kier molecular flexibility index (Phi) is 2.31. The maximum Gasteiger partial charge on any atom is 0.144 e. The molecule has 0 aliphatic rings. The third kappa shape index (κ3) is 1.29. The van der Waals surface area contributed by atoms with Crippen molar-refractivity contribution in [3.05, 3.63) is 24.3 Å². The molecule has 0 atom stereocenters. The summed E-state index contributed by atoms with van der Waals surface area (Å²) in [4.78, 5) is 0. The molecule has 0 fully saturated rings. The van der Waals surface area contributed by atoms with Gasteiger partial charge in [-0.1, -0.05) is 12.1 Å². The van der Waals surface area contributed by atoms with Gasteiger partial charge >= 0.3 is 0 Å². The molecule has 0 saturated carbocycles. The van der Waals surface area contributed by atoms with Gasteiger partial charge in [0.2, 0.25) is 0 Å². The Morgan fingerprint density at radius 1 is 1.27 bits per heavy atom. The number of fused-ring (bicyclic) bond motifs is 1. The first-order valence-electron chi connectivity index (χ1n) is 2.98. The van der Waals surface area contributed by atoms with Crippen LogP contribution in [0.2, 0.25) is 0 Å². The minimum atomic E-state index is 0. The van der Waals surface area contributed by atoms with Crippen LogP contribution in [0.3, 0.4) is 0 Å². The second-order valence-corrected chi connectivity index (χ2v) is 2.87. The second kappa shape index (κ2) is 3.07. The number of halogens is 1. The van der Waals surface area contributed by atoms with Crippen LogP contribution >= 0.6 is 23.9 Å². The Balaban J connectivity index is 0.000000605. The van der Waals surface area contributed by atoms with Crippen LogP contribution in [0.1, 0.15) is 0 Å². The van der Waals surface area contributed by atoms with E-state index in [1.54, 1.807) is 0 Å². The fourth-order valence-electron chi connectivity index (χ4n) is 0.905. The first kappa shape index (κ1) is 8.30. The predicted molar refractivity (Wildman–Crippen MR) is 51.3 cm³/mol. The minimum Gasteiger partial charge on any atom is -0.382 e. The summed E-state index contributed by atoms with van der Waals surface area (Å²) in [5, 5.41) is 1.06. The molecule has 2 rings (SSSR count). The zero-order chi connectivity index (χ0) is 6.97. The van der Waals surface area contributed by atoms with Crippen LogP contribution in [0.15, 0.2) is 24.3 Å². The Morgan fingerprint density at radius 3 is 2.73 bits per heavy atom. The minimum absolute atomic E-state index is 0. The van der Waals surface area contributed by atoms with Crippen LogP contribution in [0.4, 0.5) is 5.82 Å². The van der Waals surface area contributed by atoms with E-state index in [2.05, 4.69) is 4.37 Å². The van der Waals surface area contributed by atoms with Gasteiger partial charge in [-0.05, 0) is 23.7 Å². The molecule has 0 aliphatic heterocycles. The van der Waals surface area contributed by atoms with Crippen molar-refractivity contribution in [1.82, 2.24) is 4.37 Å². The highest BCUT2D eigenvalue weighted by Gasteiger charge is 1.98. The Hall–Kier alpha value is -0.800. The van der Waals surface area contributed by atoms with Gasteiger partial charge in [0.15, 0.2) is 0 Å². The van der Waals surface area contributed by atoms with Crippen LogP contribution in [0, 0.1) is 0 Å². The van der Waals surface area contributed by atoms with Crippen molar-refractivity contribution in [2.45, 2.75) is 0 Å². The summed E-state index contributed by atoms with van der Waals surface area (Å²) < 4.78 is 5.17. The van der Waals surface area contributed by atoms with Gasteiger partial charge in [0, 0.05) is 5.39 Å². The molecule has 11 heavy (non-hydrogen) atoms. The number of nitrogen functional groups attached to an aromatic ring is 1. The van der Waals surface area contributed by atoms with E-state index in [4.69, 9.17) is 5.73 Å². The molecule has 1 aromatic heterocycles. The summed E-state index contributed by atoms with van der Waals surface area (Å²) in [6.07, 6.45) is 0. The number of anilines is 1. The largest absolute Gasteiger partial charge is 0.382 e. The normalized spacial score (nSPS) is 9.45. The van der Waals surface area contributed by atoms with E-state index >= 15 is 0 Å². The Labute approximate surface area is 74.6 Å². The molecule has 0 amide bonds. The van der Waals surface area contributed by atoms with E-state index < -0.39 is 0 Å². The van der Waals surface area contributed by atoms with Crippen molar-refractivity contribution in [3.8, 4) is 0 Å². The van der Waals surface area contributed by atoms with Gasteiger partial charge in [0.05, 0.1) is 4.70 Å². The quantitative estimate of drug-likeness (QED) is 0.686. The van der Waals surface area contributed by atoms with E-state index in [0.29, 0.717) is 5.82 Å². The fourth-order valence-corrected chi connectivity index (χ4v) is 1.61. The zero-order valence-corrected chi connectivity index (χ0v) is 7.28. The molecule has 2 aromatic rings. The summed E-state index contributed by atoms with van der Waals surface area (Å²) >= 11 is 1.44. The summed E-state index contributed by atoms with van der Waals surface area (Å²) in [5.74, 6) is 0.639. The lowest BCUT2D eigenvalue weighted by Gasteiger charge is -1.84.